The van der Waals surface area contributed by atoms with Crippen LogP contribution in [0.3, 0.4) is 0 Å². The van der Waals surface area contributed by atoms with E-state index in [9.17, 15) is 24.5 Å². The van der Waals surface area contributed by atoms with Crippen molar-refractivity contribution in [2.24, 2.45) is 0 Å². The van der Waals surface area contributed by atoms with Crippen molar-refractivity contribution in [2.45, 2.75) is 0 Å². The maximum atomic E-state index is 12.2. The second-order valence-electron chi connectivity index (χ2n) is 4.59. The molecular weight excluding hydrogens is 308 g/mol. The van der Waals surface area contributed by atoms with E-state index in [2.05, 4.69) is 20.7 Å². The maximum absolute atomic E-state index is 12.2. The summed E-state index contributed by atoms with van der Waals surface area (Å²) in [5.41, 5.74) is -0.382. The maximum Gasteiger partial charge on any atom is 0.270 e. The van der Waals surface area contributed by atoms with Crippen LogP contribution >= 0.6 is 0 Å². The smallest absolute Gasteiger partial charge is 0.270 e. The lowest BCUT2D eigenvalue weighted by molar-refractivity contribution is -0.384. The highest BCUT2D eigenvalue weighted by Gasteiger charge is 2.37. The first-order valence-corrected chi connectivity index (χ1v) is 6.27. The normalized spacial score (nSPS) is 13.1. The lowest BCUT2D eigenvalue weighted by Crippen LogP contribution is -2.37. The van der Waals surface area contributed by atoms with E-state index in [4.69, 9.17) is 0 Å². The molecule has 11 nitrogen and oxygen atoms in total. The minimum Gasteiger partial charge on any atom is -0.306 e. The molecule has 1 aromatic heterocycles. The van der Waals surface area contributed by atoms with E-state index >= 15 is 0 Å². The molecule has 0 atom stereocenters. The summed E-state index contributed by atoms with van der Waals surface area (Å²) in [6.45, 7) is -0.535. The first kappa shape index (κ1) is 14.3. The molecule has 2 aromatic rings. The van der Waals surface area contributed by atoms with E-state index in [0.29, 0.717) is 4.90 Å². The van der Waals surface area contributed by atoms with Crippen molar-refractivity contribution in [3.63, 3.8) is 0 Å². The first-order chi connectivity index (χ1) is 11.0. The minimum atomic E-state index is -0.760. The highest BCUT2D eigenvalue weighted by atomic mass is 16.6. The Bertz CT molecular complexity index is 830. The molecule has 0 unspecified atom stereocenters. The Balaban J connectivity index is 1.80. The molecule has 2 heterocycles. The fourth-order valence-corrected chi connectivity index (χ4v) is 2.12. The van der Waals surface area contributed by atoms with E-state index < -0.39 is 29.2 Å². The number of nitrogens with zero attached hydrogens (tertiary/aromatic N) is 4. The number of aromatic nitrogens is 3. The fourth-order valence-electron chi connectivity index (χ4n) is 2.12. The molecule has 1 aliphatic rings. The van der Waals surface area contributed by atoms with Crippen molar-refractivity contribution < 1.29 is 19.3 Å². The number of hydrogen-bond donors (Lipinski definition) is 2. The third-order valence-electron chi connectivity index (χ3n) is 3.15. The molecule has 1 aromatic carbocycles. The number of fused-ring (bicyclic) bond motifs is 1. The Kier molecular flexibility index (Phi) is 3.29. The summed E-state index contributed by atoms with van der Waals surface area (Å²) in [4.78, 5) is 47.0. The van der Waals surface area contributed by atoms with Gasteiger partial charge >= 0.3 is 0 Å². The summed E-state index contributed by atoms with van der Waals surface area (Å²) in [6.07, 6.45) is 1.25. The largest absolute Gasteiger partial charge is 0.306 e. The third-order valence-corrected chi connectivity index (χ3v) is 3.15. The van der Waals surface area contributed by atoms with Crippen molar-refractivity contribution in [3.8, 4) is 0 Å². The zero-order valence-corrected chi connectivity index (χ0v) is 11.3. The number of non-ortho nitro benzene ring substituents is 1. The van der Waals surface area contributed by atoms with Gasteiger partial charge in [0.2, 0.25) is 5.91 Å². The Labute approximate surface area is 127 Å². The summed E-state index contributed by atoms with van der Waals surface area (Å²) < 4.78 is 0. The van der Waals surface area contributed by atoms with Crippen LogP contribution in [0.25, 0.3) is 0 Å². The lowest BCUT2D eigenvalue weighted by atomic mass is 10.1. The Hall–Kier alpha value is -3.63. The van der Waals surface area contributed by atoms with Gasteiger partial charge in [-0.2, -0.15) is 10.3 Å². The number of carbonyl (C=O) groups excluding carboxylic acids is 3. The van der Waals surface area contributed by atoms with Crippen molar-refractivity contribution in [3.05, 3.63) is 45.6 Å². The van der Waals surface area contributed by atoms with Gasteiger partial charge in [-0.05, 0) is 6.07 Å². The van der Waals surface area contributed by atoms with E-state index in [-0.39, 0.29) is 22.6 Å². The van der Waals surface area contributed by atoms with E-state index in [1.54, 1.807) is 0 Å². The van der Waals surface area contributed by atoms with Crippen LogP contribution in [0, 0.1) is 10.1 Å². The van der Waals surface area contributed by atoms with Crippen LogP contribution in [0.4, 0.5) is 11.5 Å². The third kappa shape index (κ3) is 2.50. The molecule has 116 valence electrons. The number of nitrogens with one attached hydrogen (secondary N) is 2. The predicted octanol–water partition coefficient (Wildman–Crippen LogP) is -0.0524. The molecule has 0 bridgehead atoms. The average Bonchev–Trinajstić information content (AvgIpc) is 3.10. The number of anilines is 1. The Morgan fingerprint density at radius 2 is 2.04 bits per heavy atom. The number of rotatable bonds is 4. The molecule has 11 heteroatoms. The molecule has 3 amide bonds. The molecular formula is C12H8N6O5. The van der Waals surface area contributed by atoms with Gasteiger partial charge in [-0.1, -0.05) is 0 Å². The van der Waals surface area contributed by atoms with E-state index in [1.165, 1.54) is 12.3 Å². The molecule has 0 saturated heterocycles. The molecule has 3 rings (SSSR count). The highest BCUT2D eigenvalue weighted by Crippen LogP contribution is 2.26. The molecule has 1 aliphatic heterocycles. The van der Waals surface area contributed by atoms with Gasteiger partial charge in [0.1, 0.15) is 6.54 Å². The second kappa shape index (κ2) is 5.29. The zero-order valence-electron chi connectivity index (χ0n) is 11.3. The van der Waals surface area contributed by atoms with Crippen molar-refractivity contribution in [2.75, 3.05) is 11.9 Å². The quantitative estimate of drug-likeness (QED) is 0.455. The van der Waals surface area contributed by atoms with Crippen LogP contribution in [-0.4, -0.2) is 49.5 Å². The average molecular weight is 316 g/mol. The topological polar surface area (TPSA) is 151 Å². The number of H-pyrrole nitrogens is 1. The van der Waals surface area contributed by atoms with Gasteiger partial charge in [-0.15, -0.1) is 5.10 Å². The molecule has 0 spiro atoms. The monoisotopic (exact) mass is 316 g/mol. The van der Waals surface area contributed by atoms with E-state index in [0.717, 1.165) is 12.1 Å². The van der Waals surface area contributed by atoms with E-state index in [1.807, 2.05) is 0 Å². The summed E-state index contributed by atoms with van der Waals surface area (Å²) in [7, 11) is 0. The number of amides is 3. The predicted molar refractivity (Wildman–Crippen MR) is 73.5 cm³/mol. The summed E-state index contributed by atoms with van der Waals surface area (Å²) in [5.74, 6) is -1.95. The molecule has 0 aliphatic carbocycles. The second-order valence-corrected chi connectivity index (χ2v) is 4.59. The molecule has 2 N–H and O–H groups in total. The van der Waals surface area contributed by atoms with Crippen LogP contribution in [0.15, 0.2) is 24.4 Å². The van der Waals surface area contributed by atoms with Gasteiger partial charge in [-0.25, -0.2) is 0 Å². The number of nitro benzene ring substituents is 1. The molecule has 0 saturated carbocycles. The molecule has 23 heavy (non-hydrogen) atoms. The van der Waals surface area contributed by atoms with Crippen LogP contribution in [0.1, 0.15) is 20.7 Å². The summed E-state index contributed by atoms with van der Waals surface area (Å²) in [5, 5.41) is 22.5. The summed E-state index contributed by atoms with van der Waals surface area (Å²) in [6, 6.07) is 3.34. The number of aromatic amines is 1. The number of hydrogen-bond acceptors (Lipinski definition) is 7. The van der Waals surface area contributed by atoms with Gasteiger partial charge in [-0.3, -0.25) is 29.4 Å². The van der Waals surface area contributed by atoms with Gasteiger partial charge < -0.3 is 5.32 Å². The van der Waals surface area contributed by atoms with Gasteiger partial charge in [0.05, 0.1) is 22.2 Å². The van der Waals surface area contributed by atoms with Crippen LogP contribution < -0.4 is 5.32 Å². The van der Waals surface area contributed by atoms with Gasteiger partial charge in [0.15, 0.2) is 5.82 Å². The van der Waals surface area contributed by atoms with Crippen molar-refractivity contribution in [1.82, 2.24) is 20.3 Å². The van der Waals surface area contributed by atoms with Crippen LogP contribution in [0.5, 0.6) is 0 Å². The Morgan fingerprint density at radius 3 is 2.70 bits per heavy atom. The summed E-state index contributed by atoms with van der Waals surface area (Å²) >= 11 is 0. The van der Waals surface area contributed by atoms with Crippen LogP contribution in [0.2, 0.25) is 0 Å². The fraction of sp³-hybridized carbons (Fsp3) is 0.0833. The van der Waals surface area contributed by atoms with Crippen molar-refractivity contribution >= 4 is 29.2 Å². The van der Waals surface area contributed by atoms with Crippen molar-refractivity contribution in [1.29, 1.82) is 0 Å². The first-order valence-electron chi connectivity index (χ1n) is 6.27. The minimum absolute atomic E-state index is 0.0230. The molecule has 0 radical (unpaired) electrons. The van der Waals surface area contributed by atoms with Gasteiger partial charge in [0, 0.05) is 12.1 Å². The SMILES string of the molecule is O=C(CN1C(=O)c2ccc([N+](=O)[O-])cc2C1=O)Nc1cn[nH]n1. The lowest BCUT2D eigenvalue weighted by Gasteiger charge is -2.12. The zero-order chi connectivity index (χ0) is 16.6. The number of benzene rings is 1. The van der Waals surface area contributed by atoms with Crippen LogP contribution in [-0.2, 0) is 4.79 Å². The number of carbonyl (C=O) groups is 3. The molecule has 0 fully saturated rings. The highest BCUT2D eigenvalue weighted by molar-refractivity contribution is 6.23. The van der Waals surface area contributed by atoms with Gasteiger partial charge in [0.25, 0.3) is 17.5 Å². The Morgan fingerprint density at radius 1 is 1.30 bits per heavy atom. The standard InChI is InChI=1S/C12H8N6O5/c19-10(14-9-4-13-16-15-9)5-17-11(20)7-2-1-6(18(22)23)3-8(7)12(17)21/h1-4H,5H2,(H2,13,14,15,16,19). The number of imide groups is 1. The number of nitro groups is 1.